The molecule has 0 aromatic carbocycles. The third-order valence-electron chi connectivity index (χ3n) is 2.67. The van der Waals surface area contributed by atoms with Gasteiger partial charge in [0.2, 0.25) is 0 Å². The van der Waals surface area contributed by atoms with Crippen molar-refractivity contribution in [3.05, 3.63) is 23.1 Å². The van der Waals surface area contributed by atoms with E-state index in [1.54, 1.807) is 6.20 Å². The molecule has 0 amide bonds. The summed E-state index contributed by atoms with van der Waals surface area (Å²) in [5, 5.41) is 17.5. The van der Waals surface area contributed by atoms with Crippen LogP contribution in [0.4, 0.5) is 0 Å². The van der Waals surface area contributed by atoms with E-state index in [1.807, 2.05) is 18.5 Å². The van der Waals surface area contributed by atoms with Gasteiger partial charge in [-0.2, -0.15) is 10.2 Å². The van der Waals surface area contributed by atoms with Crippen LogP contribution in [-0.2, 0) is 17.9 Å². The molecule has 0 saturated heterocycles. The van der Waals surface area contributed by atoms with Crippen LogP contribution in [0.3, 0.4) is 0 Å². The van der Waals surface area contributed by atoms with Gasteiger partial charge in [-0.1, -0.05) is 11.6 Å². The second-order valence-corrected chi connectivity index (χ2v) is 4.28. The molecular formula is C11H13ClN4O2. The van der Waals surface area contributed by atoms with Gasteiger partial charge in [-0.05, 0) is 13.8 Å². The molecule has 7 heteroatoms. The maximum Gasteiger partial charge on any atom is 0.325 e. The molecule has 0 fully saturated rings. The van der Waals surface area contributed by atoms with Crippen molar-refractivity contribution in [3.63, 3.8) is 0 Å². The summed E-state index contributed by atoms with van der Waals surface area (Å²) in [5.41, 5.74) is 2.35. The maximum absolute atomic E-state index is 10.6. The van der Waals surface area contributed by atoms with Gasteiger partial charge in [0, 0.05) is 24.0 Å². The Morgan fingerprint density at radius 3 is 2.83 bits per heavy atom. The summed E-state index contributed by atoms with van der Waals surface area (Å²) >= 11 is 6.07. The van der Waals surface area contributed by atoms with E-state index in [-0.39, 0.29) is 6.54 Å². The van der Waals surface area contributed by atoms with E-state index in [0.717, 1.165) is 17.8 Å². The molecule has 0 unspecified atom stereocenters. The molecule has 96 valence electrons. The number of carbonyl (C=O) groups is 1. The third kappa shape index (κ3) is 2.24. The minimum atomic E-state index is -0.957. The Bertz CT molecular complexity index is 588. The van der Waals surface area contributed by atoms with Crippen LogP contribution >= 0.6 is 11.6 Å². The Morgan fingerprint density at radius 2 is 2.28 bits per heavy atom. The summed E-state index contributed by atoms with van der Waals surface area (Å²) in [6.45, 7) is 4.48. The van der Waals surface area contributed by atoms with Gasteiger partial charge in [0.05, 0.1) is 11.2 Å². The molecule has 0 bridgehead atoms. The fourth-order valence-corrected chi connectivity index (χ4v) is 2.05. The Labute approximate surface area is 109 Å². The SMILES string of the molecule is CCn1ncc(-c2nn(CC(=O)O)cc2Cl)c1C. The number of hydrogen-bond acceptors (Lipinski definition) is 3. The molecule has 0 spiro atoms. The summed E-state index contributed by atoms with van der Waals surface area (Å²) < 4.78 is 3.14. The van der Waals surface area contributed by atoms with Crippen LogP contribution in [0.2, 0.25) is 5.02 Å². The highest BCUT2D eigenvalue weighted by molar-refractivity contribution is 6.33. The molecule has 0 aliphatic heterocycles. The average Bonchev–Trinajstić information content (AvgIpc) is 2.81. The fourth-order valence-electron chi connectivity index (χ4n) is 1.80. The number of carboxylic acids is 1. The Morgan fingerprint density at radius 1 is 1.56 bits per heavy atom. The zero-order valence-electron chi connectivity index (χ0n) is 10.1. The van der Waals surface area contributed by atoms with Gasteiger partial charge in [0.1, 0.15) is 12.2 Å². The zero-order chi connectivity index (χ0) is 13.3. The number of rotatable bonds is 4. The molecule has 0 aliphatic carbocycles. The van der Waals surface area contributed by atoms with Crippen molar-refractivity contribution in [1.82, 2.24) is 19.6 Å². The highest BCUT2D eigenvalue weighted by atomic mass is 35.5. The van der Waals surface area contributed by atoms with Gasteiger partial charge >= 0.3 is 5.97 Å². The molecule has 2 aromatic heterocycles. The summed E-state index contributed by atoms with van der Waals surface area (Å²) in [6, 6.07) is 0. The van der Waals surface area contributed by atoms with Crippen molar-refractivity contribution in [3.8, 4) is 11.3 Å². The number of halogens is 1. The Kier molecular flexibility index (Phi) is 3.38. The van der Waals surface area contributed by atoms with Gasteiger partial charge in [-0.25, -0.2) is 0 Å². The van der Waals surface area contributed by atoms with Crippen molar-refractivity contribution in [2.24, 2.45) is 0 Å². The topological polar surface area (TPSA) is 72.9 Å². The first kappa shape index (κ1) is 12.6. The minimum Gasteiger partial charge on any atom is -0.480 e. The van der Waals surface area contributed by atoms with Crippen LogP contribution in [0, 0.1) is 6.92 Å². The van der Waals surface area contributed by atoms with Crippen LogP contribution in [0.15, 0.2) is 12.4 Å². The predicted octanol–water partition coefficient (Wildman–Crippen LogP) is 1.81. The fraction of sp³-hybridized carbons (Fsp3) is 0.364. The molecule has 1 N–H and O–H groups in total. The van der Waals surface area contributed by atoms with Crippen molar-refractivity contribution in [1.29, 1.82) is 0 Å². The molecule has 2 heterocycles. The highest BCUT2D eigenvalue weighted by Crippen LogP contribution is 2.28. The van der Waals surface area contributed by atoms with E-state index >= 15 is 0 Å². The van der Waals surface area contributed by atoms with Gasteiger partial charge in [0.25, 0.3) is 0 Å². The monoisotopic (exact) mass is 268 g/mol. The smallest absolute Gasteiger partial charge is 0.325 e. The lowest BCUT2D eigenvalue weighted by molar-refractivity contribution is -0.137. The normalized spacial score (nSPS) is 10.8. The summed E-state index contributed by atoms with van der Waals surface area (Å²) in [7, 11) is 0. The molecule has 2 rings (SSSR count). The number of carboxylic acid groups (broad SMARTS) is 1. The Balaban J connectivity index is 2.41. The van der Waals surface area contributed by atoms with Crippen LogP contribution in [0.1, 0.15) is 12.6 Å². The zero-order valence-corrected chi connectivity index (χ0v) is 10.8. The summed E-state index contributed by atoms with van der Waals surface area (Å²) in [5.74, 6) is -0.957. The molecule has 0 aliphatic rings. The first-order valence-corrected chi connectivity index (χ1v) is 5.88. The second kappa shape index (κ2) is 4.81. The maximum atomic E-state index is 10.6. The van der Waals surface area contributed by atoms with E-state index in [2.05, 4.69) is 10.2 Å². The molecule has 0 atom stereocenters. The average molecular weight is 269 g/mol. The van der Waals surface area contributed by atoms with E-state index < -0.39 is 5.97 Å². The summed E-state index contributed by atoms with van der Waals surface area (Å²) in [4.78, 5) is 10.6. The standard InChI is InChI=1S/C11H13ClN4O2/c1-3-16-7(2)8(4-13-16)11-9(12)5-15(14-11)6-10(17)18/h4-5H,3,6H2,1-2H3,(H,17,18). The lowest BCUT2D eigenvalue weighted by Crippen LogP contribution is -2.08. The molecule has 2 aromatic rings. The van der Waals surface area contributed by atoms with Crippen molar-refractivity contribution < 1.29 is 9.90 Å². The van der Waals surface area contributed by atoms with Gasteiger partial charge in [-0.15, -0.1) is 0 Å². The first-order valence-electron chi connectivity index (χ1n) is 5.50. The van der Waals surface area contributed by atoms with Crippen LogP contribution in [-0.4, -0.2) is 30.6 Å². The number of aromatic nitrogens is 4. The Hall–Kier alpha value is -1.82. The van der Waals surface area contributed by atoms with E-state index in [1.165, 1.54) is 10.9 Å². The first-order chi connectivity index (χ1) is 8.52. The van der Waals surface area contributed by atoms with Crippen LogP contribution in [0.5, 0.6) is 0 Å². The number of aliphatic carboxylic acids is 1. The van der Waals surface area contributed by atoms with Gasteiger partial charge in [0.15, 0.2) is 0 Å². The molecule has 0 saturated carbocycles. The van der Waals surface area contributed by atoms with Crippen molar-refractivity contribution in [2.75, 3.05) is 0 Å². The molecule has 0 radical (unpaired) electrons. The lowest BCUT2D eigenvalue weighted by Gasteiger charge is -2.00. The van der Waals surface area contributed by atoms with Gasteiger partial charge < -0.3 is 5.11 Å². The van der Waals surface area contributed by atoms with E-state index in [4.69, 9.17) is 16.7 Å². The molecule has 6 nitrogen and oxygen atoms in total. The molecule has 18 heavy (non-hydrogen) atoms. The number of aryl methyl sites for hydroxylation is 1. The van der Waals surface area contributed by atoms with Crippen molar-refractivity contribution >= 4 is 17.6 Å². The second-order valence-electron chi connectivity index (χ2n) is 3.88. The quantitative estimate of drug-likeness (QED) is 0.918. The largest absolute Gasteiger partial charge is 0.480 e. The lowest BCUT2D eigenvalue weighted by atomic mass is 10.2. The van der Waals surface area contributed by atoms with E-state index in [0.29, 0.717) is 10.7 Å². The number of nitrogens with zero attached hydrogens (tertiary/aromatic N) is 4. The molecular weight excluding hydrogens is 256 g/mol. The van der Waals surface area contributed by atoms with Crippen LogP contribution < -0.4 is 0 Å². The predicted molar refractivity (Wildman–Crippen MR) is 66.5 cm³/mol. The number of hydrogen-bond donors (Lipinski definition) is 1. The van der Waals surface area contributed by atoms with E-state index in [9.17, 15) is 4.79 Å². The van der Waals surface area contributed by atoms with Crippen molar-refractivity contribution in [2.45, 2.75) is 26.9 Å². The third-order valence-corrected chi connectivity index (χ3v) is 2.95. The van der Waals surface area contributed by atoms with Gasteiger partial charge in [-0.3, -0.25) is 14.2 Å². The highest BCUT2D eigenvalue weighted by Gasteiger charge is 2.15. The minimum absolute atomic E-state index is 0.208. The van der Waals surface area contributed by atoms with Crippen LogP contribution in [0.25, 0.3) is 11.3 Å². The summed E-state index contributed by atoms with van der Waals surface area (Å²) in [6.07, 6.45) is 3.20.